The number of piperidine rings is 1. The predicted molar refractivity (Wildman–Crippen MR) is 112 cm³/mol. The number of nitrogens with zero attached hydrogens (tertiary/aromatic N) is 4. The molecule has 2 aromatic heterocycles. The van der Waals surface area contributed by atoms with Crippen molar-refractivity contribution in [2.45, 2.75) is 30.2 Å². The van der Waals surface area contributed by atoms with Gasteiger partial charge >= 0.3 is 0 Å². The quantitative estimate of drug-likeness (QED) is 0.654. The van der Waals surface area contributed by atoms with Crippen molar-refractivity contribution in [2.75, 3.05) is 18.4 Å². The Kier molecular flexibility index (Phi) is 5.91. The molecule has 0 unspecified atom stereocenters. The van der Waals surface area contributed by atoms with E-state index in [0.717, 1.165) is 5.56 Å². The van der Waals surface area contributed by atoms with Crippen molar-refractivity contribution in [3.05, 3.63) is 72.7 Å². The summed E-state index contributed by atoms with van der Waals surface area (Å²) in [7, 11) is -3.55. The van der Waals surface area contributed by atoms with Crippen LogP contribution in [0.15, 0.2) is 72.0 Å². The standard InChI is InChI=1S/C21H23N5O3S/c27-21(15-17-5-2-1-3-6-17)24-20-8-12-23-26(20)18-9-13-25(14-10-18)30(28,29)19-7-4-11-22-16-19/h1-8,11-12,16,18H,9-10,13-15H2,(H,24,27). The maximum Gasteiger partial charge on any atom is 0.244 e. The van der Waals surface area contributed by atoms with E-state index < -0.39 is 10.0 Å². The molecule has 0 saturated carbocycles. The van der Waals surface area contributed by atoms with Gasteiger partial charge < -0.3 is 5.32 Å². The molecule has 1 aromatic carbocycles. The van der Waals surface area contributed by atoms with Crippen LogP contribution in [0.1, 0.15) is 24.4 Å². The number of rotatable bonds is 6. The van der Waals surface area contributed by atoms with Crippen molar-refractivity contribution >= 4 is 21.7 Å². The van der Waals surface area contributed by atoms with E-state index in [1.807, 2.05) is 30.3 Å². The molecule has 1 fully saturated rings. The highest BCUT2D eigenvalue weighted by Crippen LogP contribution is 2.28. The predicted octanol–water partition coefficient (Wildman–Crippen LogP) is 2.49. The van der Waals surface area contributed by atoms with Gasteiger partial charge in [0.2, 0.25) is 15.9 Å². The number of aromatic nitrogens is 3. The molecule has 30 heavy (non-hydrogen) atoms. The van der Waals surface area contributed by atoms with Crippen LogP contribution in [0.4, 0.5) is 5.82 Å². The highest BCUT2D eigenvalue weighted by atomic mass is 32.2. The second kappa shape index (κ2) is 8.76. The number of benzene rings is 1. The van der Waals surface area contributed by atoms with E-state index in [0.29, 0.717) is 31.7 Å². The number of sulfonamides is 1. The van der Waals surface area contributed by atoms with Crippen LogP contribution in [0.3, 0.4) is 0 Å². The third-order valence-corrected chi connectivity index (χ3v) is 7.07. The number of nitrogens with one attached hydrogen (secondary N) is 1. The van der Waals surface area contributed by atoms with Gasteiger partial charge in [0.15, 0.2) is 0 Å². The maximum atomic E-state index is 12.8. The van der Waals surface area contributed by atoms with Crippen molar-refractivity contribution in [1.82, 2.24) is 19.1 Å². The van der Waals surface area contributed by atoms with Crippen LogP contribution in [-0.2, 0) is 21.2 Å². The minimum Gasteiger partial charge on any atom is -0.311 e. The smallest absolute Gasteiger partial charge is 0.244 e. The summed E-state index contributed by atoms with van der Waals surface area (Å²) in [5.74, 6) is 0.518. The second-order valence-corrected chi connectivity index (χ2v) is 9.13. The Morgan fingerprint density at radius 3 is 2.50 bits per heavy atom. The lowest BCUT2D eigenvalue weighted by Gasteiger charge is -2.31. The molecule has 0 atom stereocenters. The molecule has 9 heteroatoms. The number of pyridine rings is 1. The lowest BCUT2D eigenvalue weighted by molar-refractivity contribution is -0.115. The van der Waals surface area contributed by atoms with Gasteiger partial charge in [-0.25, -0.2) is 13.1 Å². The average molecular weight is 426 g/mol. The number of hydrogen-bond acceptors (Lipinski definition) is 5. The summed E-state index contributed by atoms with van der Waals surface area (Å²) in [5.41, 5.74) is 0.940. The van der Waals surface area contributed by atoms with Gasteiger partial charge in [0, 0.05) is 31.5 Å². The van der Waals surface area contributed by atoms with Gasteiger partial charge in [-0.1, -0.05) is 30.3 Å². The van der Waals surface area contributed by atoms with Crippen LogP contribution in [0, 0.1) is 0 Å². The molecule has 0 spiro atoms. The van der Waals surface area contributed by atoms with E-state index in [9.17, 15) is 13.2 Å². The van der Waals surface area contributed by atoms with Crippen LogP contribution in [0.5, 0.6) is 0 Å². The lowest BCUT2D eigenvalue weighted by atomic mass is 10.1. The van der Waals surface area contributed by atoms with Crippen LogP contribution >= 0.6 is 0 Å². The first-order chi connectivity index (χ1) is 14.5. The maximum absolute atomic E-state index is 12.8. The zero-order chi connectivity index (χ0) is 21.0. The summed E-state index contributed by atoms with van der Waals surface area (Å²) in [6.07, 6.45) is 6.09. The molecule has 3 heterocycles. The summed E-state index contributed by atoms with van der Waals surface area (Å²) in [6, 6.07) is 14.5. The Labute approximate surface area is 175 Å². The summed E-state index contributed by atoms with van der Waals surface area (Å²) >= 11 is 0. The first kappa shape index (κ1) is 20.2. The molecule has 1 aliphatic rings. The summed E-state index contributed by atoms with van der Waals surface area (Å²) in [4.78, 5) is 16.5. The third-order valence-electron chi connectivity index (χ3n) is 5.19. The van der Waals surface area contributed by atoms with Gasteiger partial charge in [-0.2, -0.15) is 9.40 Å². The fourth-order valence-corrected chi connectivity index (χ4v) is 5.08. The Morgan fingerprint density at radius 2 is 1.80 bits per heavy atom. The minimum atomic E-state index is -3.55. The van der Waals surface area contributed by atoms with E-state index in [2.05, 4.69) is 15.4 Å². The number of anilines is 1. The van der Waals surface area contributed by atoms with Crippen molar-refractivity contribution in [2.24, 2.45) is 0 Å². The van der Waals surface area contributed by atoms with Crippen molar-refractivity contribution in [3.63, 3.8) is 0 Å². The summed E-state index contributed by atoms with van der Waals surface area (Å²) in [5, 5.41) is 7.29. The zero-order valence-corrected chi connectivity index (χ0v) is 17.2. The molecule has 1 saturated heterocycles. The van der Waals surface area contributed by atoms with E-state index in [4.69, 9.17) is 0 Å². The Bertz CT molecular complexity index is 1090. The number of carbonyl (C=O) groups is 1. The molecule has 0 bridgehead atoms. The fourth-order valence-electron chi connectivity index (χ4n) is 3.65. The minimum absolute atomic E-state index is 0.0207. The zero-order valence-electron chi connectivity index (χ0n) is 16.4. The highest BCUT2D eigenvalue weighted by Gasteiger charge is 2.31. The van der Waals surface area contributed by atoms with Crippen LogP contribution < -0.4 is 5.32 Å². The molecule has 3 aromatic rings. The topological polar surface area (TPSA) is 97.2 Å². The number of amides is 1. The Morgan fingerprint density at radius 1 is 1.03 bits per heavy atom. The van der Waals surface area contributed by atoms with E-state index in [1.165, 1.54) is 10.5 Å². The molecule has 0 radical (unpaired) electrons. The van der Waals surface area contributed by atoms with Gasteiger partial charge in [-0.05, 0) is 30.5 Å². The molecule has 0 aliphatic carbocycles. The van der Waals surface area contributed by atoms with Gasteiger partial charge in [0.1, 0.15) is 10.7 Å². The van der Waals surface area contributed by atoms with Crippen LogP contribution in [0.25, 0.3) is 0 Å². The number of carbonyl (C=O) groups excluding carboxylic acids is 1. The molecule has 156 valence electrons. The van der Waals surface area contributed by atoms with E-state index in [-0.39, 0.29) is 23.3 Å². The lowest BCUT2D eigenvalue weighted by Crippen LogP contribution is -2.39. The Hall–Kier alpha value is -3.04. The van der Waals surface area contributed by atoms with Gasteiger partial charge in [0.05, 0.1) is 18.7 Å². The third kappa shape index (κ3) is 4.42. The van der Waals surface area contributed by atoms with Crippen LogP contribution in [0.2, 0.25) is 0 Å². The molecule has 8 nitrogen and oxygen atoms in total. The molecular formula is C21H23N5O3S. The highest BCUT2D eigenvalue weighted by molar-refractivity contribution is 7.89. The second-order valence-electron chi connectivity index (χ2n) is 7.20. The SMILES string of the molecule is O=C(Cc1ccccc1)Nc1ccnn1C1CCN(S(=O)(=O)c2cccnc2)CC1. The van der Waals surface area contributed by atoms with Crippen molar-refractivity contribution < 1.29 is 13.2 Å². The number of hydrogen-bond donors (Lipinski definition) is 1. The fraction of sp³-hybridized carbons (Fsp3) is 0.286. The molecule has 4 rings (SSSR count). The first-order valence-electron chi connectivity index (χ1n) is 9.81. The van der Waals surface area contributed by atoms with Crippen molar-refractivity contribution in [3.8, 4) is 0 Å². The molecule has 1 amide bonds. The van der Waals surface area contributed by atoms with E-state index >= 15 is 0 Å². The Balaban J connectivity index is 1.39. The van der Waals surface area contributed by atoms with Gasteiger partial charge in [-0.15, -0.1) is 0 Å². The monoisotopic (exact) mass is 425 g/mol. The summed E-state index contributed by atoms with van der Waals surface area (Å²) < 4.78 is 28.8. The average Bonchev–Trinajstić information content (AvgIpc) is 3.23. The molecule has 1 N–H and O–H groups in total. The van der Waals surface area contributed by atoms with Gasteiger partial charge in [-0.3, -0.25) is 9.78 Å². The molecular weight excluding hydrogens is 402 g/mol. The van der Waals surface area contributed by atoms with Gasteiger partial charge in [0.25, 0.3) is 0 Å². The van der Waals surface area contributed by atoms with Crippen LogP contribution in [-0.4, -0.2) is 46.5 Å². The van der Waals surface area contributed by atoms with Crippen molar-refractivity contribution in [1.29, 1.82) is 0 Å². The van der Waals surface area contributed by atoms with E-state index in [1.54, 1.807) is 35.3 Å². The largest absolute Gasteiger partial charge is 0.311 e. The first-order valence-corrected chi connectivity index (χ1v) is 11.3. The normalized spacial score (nSPS) is 15.7. The molecule has 1 aliphatic heterocycles. The summed E-state index contributed by atoms with van der Waals surface area (Å²) in [6.45, 7) is 0.776.